The number of aromatic nitrogens is 2. The largest absolute Gasteiger partial charge is 0.370 e. The van der Waals surface area contributed by atoms with E-state index >= 15 is 0 Å². The van der Waals surface area contributed by atoms with Crippen molar-refractivity contribution in [2.75, 3.05) is 31.5 Å². The molecule has 1 aromatic heterocycles. The predicted molar refractivity (Wildman–Crippen MR) is 106 cm³/mol. The van der Waals surface area contributed by atoms with Gasteiger partial charge in [0, 0.05) is 36.7 Å². The number of nitrogens with zero attached hydrogens (tertiary/aromatic N) is 4. The Bertz CT molecular complexity index is 815. The third kappa shape index (κ3) is 3.56. The molecule has 0 amide bonds. The van der Waals surface area contributed by atoms with E-state index in [4.69, 9.17) is 5.10 Å². The van der Waals surface area contributed by atoms with Crippen molar-refractivity contribution in [1.82, 2.24) is 14.7 Å². The minimum absolute atomic E-state index is 0.107. The lowest BCUT2D eigenvalue weighted by molar-refractivity contribution is -0.384. The van der Waals surface area contributed by atoms with Gasteiger partial charge in [0.25, 0.3) is 5.69 Å². The number of fused-ring (bicyclic) bond motifs is 1. The van der Waals surface area contributed by atoms with Crippen LogP contribution in [0.4, 0.5) is 11.5 Å². The standard InChI is InChI=1S/C20H27N5O2/c1-2-23-13-5-6-15(14-23)19-18-7-3-4-12-21-20(18)24(22-19)16-8-10-17(11-9-16)25(26)27/h8-11,15,21H,2-7,12-14H2,1H3. The molecule has 1 atom stereocenters. The molecule has 1 unspecified atom stereocenters. The number of nitro benzene ring substituents is 1. The Labute approximate surface area is 159 Å². The average molecular weight is 369 g/mol. The zero-order valence-electron chi connectivity index (χ0n) is 15.9. The van der Waals surface area contributed by atoms with Gasteiger partial charge in [0.1, 0.15) is 5.82 Å². The van der Waals surface area contributed by atoms with Gasteiger partial charge >= 0.3 is 0 Å². The summed E-state index contributed by atoms with van der Waals surface area (Å²) in [6.45, 7) is 6.49. The molecule has 0 spiro atoms. The van der Waals surface area contributed by atoms with Crippen molar-refractivity contribution in [3.63, 3.8) is 0 Å². The van der Waals surface area contributed by atoms with E-state index in [9.17, 15) is 10.1 Å². The molecule has 1 fully saturated rings. The van der Waals surface area contributed by atoms with Crippen LogP contribution in [-0.2, 0) is 6.42 Å². The Morgan fingerprint density at radius 1 is 1.26 bits per heavy atom. The smallest absolute Gasteiger partial charge is 0.269 e. The van der Waals surface area contributed by atoms with E-state index in [1.807, 2.05) is 4.68 Å². The quantitative estimate of drug-likeness (QED) is 0.656. The second-order valence-electron chi connectivity index (χ2n) is 7.51. The number of likely N-dealkylation sites (tertiary alicyclic amines) is 1. The summed E-state index contributed by atoms with van der Waals surface area (Å²) in [5.74, 6) is 1.54. The third-order valence-electron chi connectivity index (χ3n) is 5.81. The summed E-state index contributed by atoms with van der Waals surface area (Å²) in [4.78, 5) is 13.1. The first-order chi connectivity index (χ1) is 13.2. The van der Waals surface area contributed by atoms with Crippen molar-refractivity contribution in [2.24, 2.45) is 0 Å². The van der Waals surface area contributed by atoms with Crippen molar-refractivity contribution in [3.05, 3.63) is 45.6 Å². The van der Waals surface area contributed by atoms with Crippen LogP contribution >= 0.6 is 0 Å². The molecule has 0 bridgehead atoms. The molecule has 144 valence electrons. The van der Waals surface area contributed by atoms with Gasteiger partial charge in [-0.1, -0.05) is 6.92 Å². The molecular formula is C20H27N5O2. The van der Waals surface area contributed by atoms with Gasteiger partial charge < -0.3 is 10.2 Å². The fourth-order valence-corrected chi connectivity index (χ4v) is 4.33. The molecule has 4 rings (SSSR count). The van der Waals surface area contributed by atoms with Crippen LogP contribution in [0.2, 0.25) is 0 Å². The Balaban J connectivity index is 1.73. The molecule has 2 aromatic rings. The van der Waals surface area contributed by atoms with Crippen LogP contribution in [0.25, 0.3) is 5.69 Å². The van der Waals surface area contributed by atoms with Crippen LogP contribution in [0.1, 0.15) is 49.8 Å². The van der Waals surface area contributed by atoms with Crippen molar-refractivity contribution < 1.29 is 4.92 Å². The molecule has 2 aliphatic rings. The van der Waals surface area contributed by atoms with Gasteiger partial charge in [-0.25, -0.2) is 4.68 Å². The summed E-state index contributed by atoms with van der Waals surface area (Å²) in [5, 5.41) is 19.6. The molecule has 27 heavy (non-hydrogen) atoms. The Hall–Kier alpha value is -2.41. The van der Waals surface area contributed by atoms with E-state index in [2.05, 4.69) is 17.1 Å². The lowest BCUT2D eigenvalue weighted by Crippen LogP contribution is -2.34. The molecule has 0 radical (unpaired) electrons. The second-order valence-corrected chi connectivity index (χ2v) is 7.51. The summed E-state index contributed by atoms with van der Waals surface area (Å²) in [5.41, 5.74) is 3.54. The van der Waals surface area contributed by atoms with E-state index in [-0.39, 0.29) is 10.6 Å². The highest BCUT2D eigenvalue weighted by Crippen LogP contribution is 2.35. The average Bonchev–Trinajstić information content (AvgIpc) is 2.89. The minimum Gasteiger partial charge on any atom is -0.370 e. The molecular weight excluding hydrogens is 342 g/mol. The number of nitrogens with one attached hydrogen (secondary N) is 1. The molecule has 1 aromatic carbocycles. The lowest BCUT2D eigenvalue weighted by atomic mass is 9.91. The van der Waals surface area contributed by atoms with Crippen LogP contribution in [0, 0.1) is 10.1 Å². The molecule has 3 heterocycles. The molecule has 7 heteroatoms. The van der Waals surface area contributed by atoms with Crippen LogP contribution in [0.5, 0.6) is 0 Å². The summed E-state index contributed by atoms with van der Waals surface area (Å²) < 4.78 is 1.96. The van der Waals surface area contributed by atoms with Crippen LogP contribution in [0.15, 0.2) is 24.3 Å². The van der Waals surface area contributed by atoms with Gasteiger partial charge in [-0.15, -0.1) is 0 Å². The van der Waals surface area contributed by atoms with E-state index in [1.54, 1.807) is 24.3 Å². The van der Waals surface area contributed by atoms with Crippen molar-refractivity contribution >= 4 is 11.5 Å². The summed E-state index contributed by atoms with van der Waals surface area (Å²) in [6.07, 6.45) is 5.77. The maximum absolute atomic E-state index is 11.0. The van der Waals surface area contributed by atoms with Crippen molar-refractivity contribution in [3.8, 4) is 5.69 Å². The topological polar surface area (TPSA) is 76.2 Å². The van der Waals surface area contributed by atoms with E-state index < -0.39 is 0 Å². The number of nitro groups is 1. The number of piperidine rings is 1. The highest BCUT2D eigenvalue weighted by Gasteiger charge is 2.29. The molecule has 1 saturated heterocycles. The fourth-order valence-electron chi connectivity index (χ4n) is 4.33. The van der Waals surface area contributed by atoms with Gasteiger partial charge in [-0.05, 0) is 57.3 Å². The van der Waals surface area contributed by atoms with Crippen LogP contribution in [0.3, 0.4) is 0 Å². The molecule has 7 nitrogen and oxygen atoms in total. The van der Waals surface area contributed by atoms with Crippen LogP contribution < -0.4 is 5.32 Å². The Morgan fingerprint density at radius 3 is 2.81 bits per heavy atom. The van der Waals surface area contributed by atoms with Gasteiger partial charge in [-0.3, -0.25) is 10.1 Å². The SMILES string of the molecule is CCN1CCCC(c2nn(-c3ccc([N+](=O)[O-])cc3)c3c2CCCCN3)C1. The highest BCUT2D eigenvalue weighted by atomic mass is 16.6. The first-order valence-electron chi connectivity index (χ1n) is 10.00. The molecule has 2 aliphatic heterocycles. The summed E-state index contributed by atoms with van der Waals surface area (Å²) in [7, 11) is 0. The molecule has 1 N–H and O–H groups in total. The summed E-state index contributed by atoms with van der Waals surface area (Å²) >= 11 is 0. The van der Waals surface area contributed by atoms with Gasteiger partial charge in [0.15, 0.2) is 0 Å². The number of non-ortho nitro benzene ring substituents is 1. The van der Waals surface area contributed by atoms with Crippen LogP contribution in [-0.4, -0.2) is 45.8 Å². The normalized spacial score (nSPS) is 20.6. The van der Waals surface area contributed by atoms with Gasteiger partial charge in [-0.2, -0.15) is 5.10 Å². The third-order valence-corrected chi connectivity index (χ3v) is 5.81. The number of likely N-dealkylation sites (N-methyl/N-ethyl adjacent to an activating group) is 1. The number of rotatable bonds is 4. The van der Waals surface area contributed by atoms with Crippen molar-refractivity contribution in [1.29, 1.82) is 0 Å². The lowest BCUT2D eigenvalue weighted by Gasteiger charge is -2.31. The minimum atomic E-state index is -0.363. The predicted octanol–water partition coefficient (Wildman–Crippen LogP) is 3.73. The monoisotopic (exact) mass is 369 g/mol. The molecule has 0 saturated carbocycles. The van der Waals surface area contributed by atoms with E-state index in [1.165, 1.54) is 37.1 Å². The zero-order valence-corrected chi connectivity index (χ0v) is 15.9. The van der Waals surface area contributed by atoms with E-state index in [0.717, 1.165) is 44.0 Å². The summed E-state index contributed by atoms with van der Waals surface area (Å²) in [6, 6.07) is 6.69. The van der Waals surface area contributed by atoms with Gasteiger partial charge in [0.05, 0.1) is 16.3 Å². The maximum atomic E-state index is 11.0. The molecule has 0 aliphatic carbocycles. The first-order valence-corrected chi connectivity index (χ1v) is 10.00. The maximum Gasteiger partial charge on any atom is 0.269 e. The Kier molecular flexibility index (Phi) is 5.11. The number of hydrogen-bond donors (Lipinski definition) is 1. The highest BCUT2D eigenvalue weighted by molar-refractivity contribution is 5.56. The number of anilines is 1. The van der Waals surface area contributed by atoms with E-state index in [0.29, 0.717) is 5.92 Å². The Morgan fingerprint density at radius 2 is 2.07 bits per heavy atom. The second kappa shape index (κ2) is 7.68. The van der Waals surface area contributed by atoms with Crippen molar-refractivity contribution in [2.45, 2.75) is 44.9 Å². The number of hydrogen-bond acceptors (Lipinski definition) is 5. The zero-order chi connectivity index (χ0) is 18.8. The number of benzene rings is 1. The fraction of sp³-hybridized carbons (Fsp3) is 0.550. The van der Waals surface area contributed by atoms with Gasteiger partial charge in [0.2, 0.25) is 0 Å². The first kappa shape index (κ1) is 18.0.